The molecule has 0 aliphatic heterocycles. The molecule has 16 rings (SSSR count). The van der Waals surface area contributed by atoms with Gasteiger partial charge in [-0.15, -0.1) is 0 Å². The Morgan fingerprint density at radius 1 is 0.124 bits per heavy atom. The summed E-state index contributed by atoms with van der Waals surface area (Å²) in [5.74, 6) is 0. The Bertz CT molecular complexity index is 4530. The van der Waals surface area contributed by atoms with E-state index in [9.17, 15) is 0 Å². The van der Waals surface area contributed by atoms with Crippen LogP contribution in [0.3, 0.4) is 0 Å². The first-order valence-electron chi connectivity index (χ1n) is 30.9. The van der Waals surface area contributed by atoms with Gasteiger partial charge in [-0.25, -0.2) is 0 Å². The average molecular weight is 1190 g/mol. The maximum atomic E-state index is 2.45. The van der Waals surface area contributed by atoms with Gasteiger partial charge < -0.3 is 0 Å². The standard InChI is InChI=1S/C88H60Ge/c1-5-21-81-69(13-1)17-9-25-85(81)73-37-29-61(30-38-73)65-45-53-77(54-46-65)89(78-55-47-66(48-56-78)62-31-39-74(40-32-62)86-26-10-18-70-14-2-6-22-82(70)86,79-57-49-67(50-58-79)63-33-41-75(42-34-63)87-27-11-19-71-15-3-7-23-83(71)87)80-59-51-68(52-60-80)64-35-43-76(44-36-64)88-28-12-20-72-16-4-8-24-84(72)88/h1-60H. The summed E-state index contributed by atoms with van der Waals surface area (Å²) in [4.78, 5) is 0. The van der Waals surface area contributed by atoms with E-state index >= 15 is 0 Å². The zero-order chi connectivity index (χ0) is 59.1. The second-order valence-corrected chi connectivity index (χ2v) is 31.5. The summed E-state index contributed by atoms with van der Waals surface area (Å²) in [7, 11) is 0. The fourth-order valence-electron chi connectivity index (χ4n) is 13.9. The molecule has 416 valence electrons. The van der Waals surface area contributed by atoms with E-state index in [-0.39, 0.29) is 0 Å². The van der Waals surface area contributed by atoms with E-state index < -0.39 is 13.3 Å². The van der Waals surface area contributed by atoms with Crippen molar-refractivity contribution in [2.24, 2.45) is 0 Å². The summed E-state index contributed by atoms with van der Waals surface area (Å²) in [6.07, 6.45) is 0. The van der Waals surface area contributed by atoms with Crippen molar-refractivity contribution in [1.29, 1.82) is 0 Å². The number of benzene rings is 16. The van der Waals surface area contributed by atoms with Gasteiger partial charge in [0.25, 0.3) is 0 Å². The van der Waals surface area contributed by atoms with E-state index in [4.69, 9.17) is 0 Å². The fraction of sp³-hybridized carbons (Fsp3) is 0. The Morgan fingerprint density at radius 2 is 0.281 bits per heavy atom. The van der Waals surface area contributed by atoms with Crippen LogP contribution in [0.25, 0.3) is 132 Å². The van der Waals surface area contributed by atoms with Gasteiger partial charge in [-0.05, 0) is 0 Å². The third-order valence-corrected chi connectivity index (χ3v) is 28.6. The molecule has 0 radical (unpaired) electrons. The molecule has 89 heavy (non-hydrogen) atoms. The molecule has 0 atom stereocenters. The van der Waals surface area contributed by atoms with Crippen LogP contribution in [0, 0.1) is 0 Å². The summed E-state index contributed by atoms with van der Waals surface area (Å²) >= 11 is -3.94. The van der Waals surface area contributed by atoms with Crippen molar-refractivity contribution in [3.05, 3.63) is 364 Å². The van der Waals surface area contributed by atoms with Gasteiger partial charge in [0.05, 0.1) is 0 Å². The van der Waals surface area contributed by atoms with Gasteiger partial charge in [-0.2, -0.15) is 0 Å². The molecule has 0 aromatic heterocycles. The zero-order valence-electron chi connectivity index (χ0n) is 49.1. The van der Waals surface area contributed by atoms with E-state index in [1.807, 2.05) is 0 Å². The van der Waals surface area contributed by atoms with Crippen LogP contribution in [0.15, 0.2) is 364 Å². The van der Waals surface area contributed by atoms with Crippen molar-refractivity contribution in [2.75, 3.05) is 0 Å². The number of rotatable bonds is 12. The van der Waals surface area contributed by atoms with Gasteiger partial charge in [0, 0.05) is 0 Å². The van der Waals surface area contributed by atoms with Gasteiger partial charge in [0.1, 0.15) is 0 Å². The molecule has 0 saturated heterocycles. The van der Waals surface area contributed by atoms with E-state index in [1.165, 1.54) is 150 Å². The second kappa shape index (κ2) is 23.1. The molecule has 0 N–H and O–H groups in total. The Balaban J connectivity index is 0.814. The van der Waals surface area contributed by atoms with E-state index in [2.05, 4.69) is 364 Å². The van der Waals surface area contributed by atoms with Gasteiger partial charge in [-0.3, -0.25) is 0 Å². The van der Waals surface area contributed by atoms with Gasteiger partial charge >= 0.3 is 503 Å². The van der Waals surface area contributed by atoms with Gasteiger partial charge in [-0.1, -0.05) is 24.3 Å². The molecule has 0 heterocycles. The summed E-state index contributed by atoms with van der Waals surface area (Å²) in [5.41, 5.74) is 19.4. The molecule has 0 saturated carbocycles. The Kier molecular flexibility index (Phi) is 13.9. The van der Waals surface area contributed by atoms with Crippen LogP contribution in [0.1, 0.15) is 0 Å². The molecular formula is C88H60Ge. The Morgan fingerprint density at radius 3 is 0.483 bits per heavy atom. The summed E-state index contributed by atoms with van der Waals surface area (Å²) in [5, 5.41) is 10.1. The Labute approximate surface area is 523 Å². The first-order valence-corrected chi connectivity index (χ1v) is 35.1. The van der Waals surface area contributed by atoms with Gasteiger partial charge in [0.2, 0.25) is 0 Å². The van der Waals surface area contributed by atoms with Crippen LogP contribution in [-0.2, 0) is 0 Å². The molecule has 0 spiro atoms. The molecule has 16 aromatic carbocycles. The molecule has 16 aromatic rings. The Hall–Kier alpha value is -10.9. The third-order valence-electron chi connectivity index (χ3n) is 18.5. The average Bonchev–Trinajstić information content (AvgIpc) is 0.952. The molecule has 0 unspecified atom stereocenters. The van der Waals surface area contributed by atoms with Crippen molar-refractivity contribution in [1.82, 2.24) is 0 Å². The zero-order valence-corrected chi connectivity index (χ0v) is 51.2. The van der Waals surface area contributed by atoms with Crippen LogP contribution in [0.5, 0.6) is 0 Å². The number of hydrogen-bond donors (Lipinski definition) is 0. The monoisotopic (exact) mass is 1190 g/mol. The first-order chi connectivity index (χ1) is 44.1. The second-order valence-electron chi connectivity index (χ2n) is 23.5. The summed E-state index contributed by atoms with van der Waals surface area (Å²) < 4.78 is 5.47. The predicted octanol–water partition coefficient (Wildman–Crippen LogP) is 21.0. The van der Waals surface area contributed by atoms with Crippen molar-refractivity contribution in [2.45, 2.75) is 0 Å². The third kappa shape index (κ3) is 9.95. The molecule has 0 nitrogen and oxygen atoms in total. The number of hydrogen-bond acceptors (Lipinski definition) is 0. The molecule has 0 bridgehead atoms. The molecule has 0 aliphatic carbocycles. The maximum absolute atomic E-state index is 3.94. The minimum atomic E-state index is -3.94. The van der Waals surface area contributed by atoms with Crippen molar-refractivity contribution in [3.8, 4) is 89.0 Å². The van der Waals surface area contributed by atoms with Crippen molar-refractivity contribution >= 4 is 73.9 Å². The fourth-order valence-corrected chi connectivity index (χ4v) is 23.7. The van der Waals surface area contributed by atoms with Crippen molar-refractivity contribution in [3.63, 3.8) is 0 Å². The van der Waals surface area contributed by atoms with Crippen molar-refractivity contribution < 1.29 is 0 Å². The van der Waals surface area contributed by atoms with Crippen LogP contribution in [-0.4, -0.2) is 13.3 Å². The normalized spacial score (nSPS) is 11.6. The predicted molar refractivity (Wildman–Crippen MR) is 384 cm³/mol. The molecule has 0 amide bonds. The molecule has 0 fully saturated rings. The van der Waals surface area contributed by atoms with E-state index in [0.717, 1.165) is 0 Å². The van der Waals surface area contributed by atoms with Crippen LogP contribution >= 0.6 is 0 Å². The number of fused-ring (bicyclic) bond motifs is 4. The summed E-state index contributed by atoms with van der Waals surface area (Å²) in [6.45, 7) is 0. The molecule has 0 aliphatic rings. The van der Waals surface area contributed by atoms with Crippen LogP contribution in [0.2, 0.25) is 0 Å². The summed E-state index contributed by atoms with van der Waals surface area (Å²) in [6, 6.07) is 136. The topological polar surface area (TPSA) is 0 Å². The molecule has 1 heteroatoms. The van der Waals surface area contributed by atoms with Crippen LogP contribution in [0.4, 0.5) is 0 Å². The first kappa shape index (κ1) is 53.6. The van der Waals surface area contributed by atoms with Crippen LogP contribution < -0.4 is 17.6 Å². The van der Waals surface area contributed by atoms with Gasteiger partial charge in [0.15, 0.2) is 0 Å². The SMILES string of the molecule is c1ccc2c(-c3ccc(-c4cc[c]([Ge]([c]5ccc(-c6ccc(-c7cccc8ccccc78)cc6)cc5)([c]5ccc(-c6ccc(-c7cccc8ccccc78)cc6)cc5)[c]5ccc(-c6ccc(-c7cccc8ccccc78)cc6)cc5)cc4)cc3)cccc2c1. The van der Waals surface area contributed by atoms with E-state index in [1.54, 1.807) is 0 Å². The quantitative estimate of drug-likeness (QED) is 0.107. The van der Waals surface area contributed by atoms with E-state index in [0.29, 0.717) is 0 Å². The molecular weight excluding hydrogens is 1130 g/mol. The minimum absolute atomic E-state index is 1.20.